The average molecular weight is 339 g/mol. The highest BCUT2D eigenvalue weighted by Crippen LogP contribution is 2.30. The molecule has 84 valence electrons. The molecule has 1 aromatic rings. The Hall–Kier alpha value is -0.140. The molecule has 0 heterocycles. The van der Waals surface area contributed by atoms with Crippen LogP contribution in [0.3, 0.4) is 0 Å². The minimum absolute atomic E-state index is 0.0861. The first kappa shape index (κ1) is 12.9. The second-order valence-electron chi connectivity index (χ2n) is 4.41. The van der Waals surface area contributed by atoms with Crippen LogP contribution in [-0.4, -0.2) is 8.42 Å². The van der Waals surface area contributed by atoms with Gasteiger partial charge < -0.3 is 0 Å². The van der Waals surface area contributed by atoms with Gasteiger partial charge >= 0.3 is 0 Å². The SMILES string of the molecule is CC(C)(C)c1cccc(S(N)(=O)=O)c1I. The Morgan fingerprint density at radius 1 is 1.27 bits per heavy atom. The summed E-state index contributed by atoms with van der Waals surface area (Å²) in [6.07, 6.45) is 0. The normalized spacial score (nSPS) is 12.9. The lowest BCUT2D eigenvalue weighted by atomic mass is 9.87. The molecule has 0 aliphatic carbocycles. The molecule has 15 heavy (non-hydrogen) atoms. The molecule has 1 aromatic carbocycles. The summed E-state index contributed by atoms with van der Waals surface area (Å²) in [5.41, 5.74) is 0.909. The summed E-state index contributed by atoms with van der Waals surface area (Å²) in [6.45, 7) is 6.12. The number of hydrogen-bond acceptors (Lipinski definition) is 2. The first-order valence-corrected chi connectivity index (χ1v) is 7.08. The van der Waals surface area contributed by atoms with Crippen LogP contribution < -0.4 is 5.14 Å². The molecule has 0 aliphatic heterocycles. The lowest BCUT2D eigenvalue weighted by Gasteiger charge is -2.21. The maximum atomic E-state index is 11.3. The minimum Gasteiger partial charge on any atom is -0.225 e. The van der Waals surface area contributed by atoms with Crippen LogP contribution >= 0.6 is 22.6 Å². The largest absolute Gasteiger partial charge is 0.239 e. The van der Waals surface area contributed by atoms with Gasteiger partial charge in [0.15, 0.2) is 0 Å². The van der Waals surface area contributed by atoms with Crippen LogP contribution in [0.25, 0.3) is 0 Å². The molecule has 0 aliphatic rings. The van der Waals surface area contributed by atoms with Crippen molar-refractivity contribution < 1.29 is 8.42 Å². The van der Waals surface area contributed by atoms with Gasteiger partial charge in [-0.15, -0.1) is 0 Å². The summed E-state index contributed by atoms with van der Waals surface area (Å²) in [7, 11) is -3.62. The third kappa shape index (κ3) is 2.92. The van der Waals surface area contributed by atoms with E-state index in [9.17, 15) is 8.42 Å². The van der Waals surface area contributed by atoms with Crippen molar-refractivity contribution in [3.05, 3.63) is 27.3 Å². The molecule has 0 amide bonds. The zero-order valence-electron chi connectivity index (χ0n) is 8.91. The van der Waals surface area contributed by atoms with E-state index >= 15 is 0 Å². The van der Waals surface area contributed by atoms with E-state index in [1.807, 2.05) is 49.4 Å². The van der Waals surface area contributed by atoms with Crippen molar-refractivity contribution in [2.75, 3.05) is 0 Å². The molecule has 0 saturated carbocycles. The first-order valence-electron chi connectivity index (χ1n) is 4.46. The molecule has 0 aromatic heterocycles. The molecule has 0 unspecified atom stereocenters. The first-order chi connectivity index (χ1) is 6.64. The van der Waals surface area contributed by atoms with Gasteiger partial charge in [0.05, 0.1) is 4.90 Å². The molecular weight excluding hydrogens is 325 g/mol. The molecule has 0 fully saturated rings. The zero-order valence-corrected chi connectivity index (χ0v) is 11.9. The number of primary sulfonamides is 1. The highest BCUT2D eigenvalue weighted by Gasteiger charge is 2.22. The van der Waals surface area contributed by atoms with Gasteiger partial charge in [-0.05, 0) is 39.6 Å². The Labute approximate surface area is 104 Å². The predicted molar refractivity (Wildman–Crippen MR) is 69.2 cm³/mol. The summed E-state index contributed by atoms with van der Waals surface area (Å²) in [5.74, 6) is 0. The second kappa shape index (κ2) is 4.03. The number of benzene rings is 1. The highest BCUT2D eigenvalue weighted by atomic mass is 127. The summed E-state index contributed by atoms with van der Waals surface area (Å²) in [6, 6.07) is 5.19. The van der Waals surface area contributed by atoms with Crippen LogP contribution in [0.15, 0.2) is 23.1 Å². The van der Waals surface area contributed by atoms with Crippen molar-refractivity contribution in [2.24, 2.45) is 5.14 Å². The minimum atomic E-state index is -3.62. The van der Waals surface area contributed by atoms with E-state index in [2.05, 4.69) is 0 Å². The van der Waals surface area contributed by atoms with E-state index in [0.29, 0.717) is 3.57 Å². The quantitative estimate of drug-likeness (QED) is 0.798. The van der Waals surface area contributed by atoms with Crippen molar-refractivity contribution in [2.45, 2.75) is 31.1 Å². The average Bonchev–Trinajstić information content (AvgIpc) is 1.99. The molecule has 0 radical (unpaired) electrons. The Bertz CT molecular complexity index is 475. The van der Waals surface area contributed by atoms with E-state index in [1.54, 1.807) is 6.07 Å². The van der Waals surface area contributed by atoms with Crippen LogP contribution in [0.2, 0.25) is 0 Å². The molecule has 5 heteroatoms. The Morgan fingerprint density at radius 3 is 2.20 bits per heavy atom. The Morgan fingerprint density at radius 2 is 1.80 bits per heavy atom. The van der Waals surface area contributed by atoms with Crippen LogP contribution in [-0.2, 0) is 15.4 Å². The van der Waals surface area contributed by atoms with Crippen molar-refractivity contribution in [3.8, 4) is 0 Å². The van der Waals surface area contributed by atoms with Gasteiger partial charge in [-0.2, -0.15) is 0 Å². The van der Waals surface area contributed by atoms with Gasteiger partial charge in [-0.3, -0.25) is 0 Å². The van der Waals surface area contributed by atoms with Gasteiger partial charge in [0.25, 0.3) is 0 Å². The predicted octanol–water partition coefficient (Wildman–Crippen LogP) is 2.24. The van der Waals surface area contributed by atoms with Crippen LogP contribution in [0.5, 0.6) is 0 Å². The van der Waals surface area contributed by atoms with E-state index in [-0.39, 0.29) is 10.3 Å². The molecule has 0 bridgehead atoms. The topological polar surface area (TPSA) is 60.2 Å². The number of rotatable bonds is 1. The smallest absolute Gasteiger partial charge is 0.225 e. The number of halogens is 1. The Kier molecular flexibility index (Phi) is 3.47. The maximum Gasteiger partial charge on any atom is 0.239 e. The van der Waals surface area contributed by atoms with Gasteiger partial charge in [0.1, 0.15) is 0 Å². The third-order valence-corrected chi connectivity index (χ3v) is 4.56. The molecule has 3 nitrogen and oxygen atoms in total. The molecule has 1 rings (SSSR count). The van der Waals surface area contributed by atoms with Crippen molar-refractivity contribution in [1.29, 1.82) is 0 Å². The summed E-state index contributed by atoms with van der Waals surface area (Å²) in [4.78, 5) is 0.204. The monoisotopic (exact) mass is 339 g/mol. The highest BCUT2D eigenvalue weighted by molar-refractivity contribution is 14.1. The van der Waals surface area contributed by atoms with Gasteiger partial charge in [-0.1, -0.05) is 32.9 Å². The van der Waals surface area contributed by atoms with Crippen LogP contribution in [0.4, 0.5) is 0 Å². The maximum absolute atomic E-state index is 11.3. The lowest BCUT2D eigenvalue weighted by molar-refractivity contribution is 0.580. The summed E-state index contributed by atoms with van der Waals surface area (Å²) < 4.78 is 23.3. The fraction of sp³-hybridized carbons (Fsp3) is 0.400. The fourth-order valence-electron chi connectivity index (χ4n) is 1.31. The molecular formula is C10H14INO2S. The van der Waals surface area contributed by atoms with Gasteiger partial charge in [-0.25, -0.2) is 13.6 Å². The van der Waals surface area contributed by atoms with Crippen molar-refractivity contribution >= 4 is 32.6 Å². The van der Waals surface area contributed by atoms with Crippen LogP contribution in [0.1, 0.15) is 26.3 Å². The Balaban J connectivity index is 3.51. The number of nitrogens with two attached hydrogens (primary N) is 1. The van der Waals surface area contributed by atoms with E-state index < -0.39 is 10.0 Å². The van der Waals surface area contributed by atoms with E-state index in [1.165, 1.54) is 6.07 Å². The number of hydrogen-bond donors (Lipinski definition) is 1. The summed E-state index contributed by atoms with van der Waals surface area (Å²) >= 11 is 2.03. The van der Waals surface area contributed by atoms with Gasteiger partial charge in [0.2, 0.25) is 10.0 Å². The van der Waals surface area contributed by atoms with E-state index in [4.69, 9.17) is 5.14 Å². The third-order valence-electron chi connectivity index (χ3n) is 2.08. The fourth-order valence-corrected chi connectivity index (χ4v) is 4.03. The molecule has 0 saturated heterocycles. The van der Waals surface area contributed by atoms with Gasteiger partial charge in [0, 0.05) is 3.57 Å². The zero-order chi connectivity index (χ0) is 11.9. The number of sulfonamides is 1. The second-order valence-corrected chi connectivity index (χ2v) is 7.02. The standard InChI is InChI=1S/C10H14INO2S/c1-10(2,3)7-5-4-6-8(9(7)11)15(12,13)14/h4-6H,1-3H3,(H2,12,13,14). The molecule has 0 atom stereocenters. The van der Waals surface area contributed by atoms with E-state index in [0.717, 1.165) is 5.56 Å². The van der Waals surface area contributed by atoms with Crippen molar-refractivity contribution in [1.82, 2.24) is 0 Å². The lowest BCUT2D eigenvalue weighted by Crippen LogP contribution is -2.18. The molecule has 0 spiro atoms. The van der Waals surface area contributed by atoms with Crippen LogP contribution in [0, 0.1) is 3.57 Å². The molecule has 2 N–H and O–H groups in total. The van der Waals surface area contributed by atoms with Crippen molar-refractivity contribution in [3.63, 3.8) is 0 Å². The summed E-state index contributed by atoms with van der Waals surface area (Å²) in [5, 5.41) is 5.14.